The van der Waals surface area contributed by atoms with E-state index in [4.69, 9.17) is 0 Å². The number of halogens is 1. The molecule has 1 aliphatic heterocycles. The van der Waals surface area contributed by atoms with E-state index in [-0.39, 0.29) is 5.82 Å². The molecule has 0 spiro atoms. The Hall–Kier alpha value is -1.97. The number of thiazole rings is 1. The van der Waals surface area contributed by atoms with Crippen LogP contribution in [0.2, 0.25) is 0 Å². The standard InChI is InChI=1S/C18H21FN4S/c1-13-18(24-12-21-13)11-22(2)9-14-5-6-23(10-14)17-4-3-16(19)7-15(17)8-20/h3-4,7,12,14H,5-6,9-11H2,1-2H3. The molecule has 6 heteroatoms. The van der Waals surface area contributed by atoms with Gasteiger partial charge in [0.15, 0.2) is 0 Å². The van der Waals surface area contributed by atoms with Crippen molar-refractivity contribution in [2.45, 2.75) is 19.9 Å². The Morgan fingerprint density at radius 1 is 1.50 bits per heavy atom. The Morgan fingerprint density at radius 3 is 3.04 bits per heavy atom. The van der Waals surface area contributed by atoms with Crippen molar-refractivity contribution in [3.05, 3.63) is 45.7 Å². The molecule has 1 unspecified atom stereocenters. The highest BCUT2D eigenvalue weighted by molar-refractivity contribution is 7.09. The second-order valence-electron chi connectivity index (χ2n) is 6.43. The van der Waals surface area contributed by atoms with E-state index in [0.29, 0.717) is 11.5 Å². The summed E-state index contributed by atoms with van der Waals surface area (Å²) in [4.78, 5) is 10.2. The van der Waals surface area contributed by atoms with E-state index in [0.717, 1.165) is 44.0 Å². The molecule has 2 aromatic rings. The van der Waals surface area contributed by atoms with Gasteiger partial charge in [0.25, 0.3) is 0 Å². The summed E-state index contributed by atoms with van der Waals surface area (Å²) in [6, 6.07) is 6.58. The van der Waals surface area contributed by atoms with Crippen molar-refractivity contribution < 1.29 is 4.39 Å². The molecular weight excluding hydrogens is 323 g/mol. The van der Waals surface area contributed by atoms with Crippen LogP contribution in [0.25, 0.3) is 0 Å². The molecule has 3 rings (SSSR count). The molecule has 0 bridgehead atoms. The molecule has 1 aliphatic rings. The predicted octanol–water partition coefficient (Wildman–Crippen LogP) is 3.42. The van der Waals surface area contributed by atoms with E-state index in [1.54, 1.807) is 17.4 Å². The highest BCUT2D eigenvalue weighted by Gasteiger charge is 2.25. The Morgan fingerprint density at radius 2 is 2.33 bits per heavy atom. The summed E-state index contributed by atoms with van der Waals surface area (Å²) in [5.74, 6) is 0.200. The van der Waals surface area contributed by atoms with Crippen LogP contribution in [0.4, 0.5) is 10.1 Å². The van der Waals surface area contributed by atoms with Crippen LogP contribution in [0.3, 0.4) is 0 Å². The number of hydrogen-bond donors (Lipinski definition) is 0. The van der Waals surface area contributed by atoms with Crippen molar-refractivity contribution in [1.82, 2.24) is 9.88 Å². The molecule has 0 N–H and O–H groups in total. The maximum atomic E-state index is 13.3. The number of nitrogens with zero attached hydrogens (tertiary/aromatic N) is 4. The van der Waals surface area contributed by atoms with Gasteiger partial charge in [0.05, 0.1) is 22.5 Å². The van der Waals surface area contributed by atoms with Gasteiger partial charge >= 0.3 is 0 Å². The number of aryl methyl sites for hydroxylation is 1. The molecule has 1 saturated heterocycles. The number of nitriles is 1. The van der Waals surface area contributed by atoms with Crippen LogP contribution in [-0.4, -0.2) is 36.6 Å². The zero-order valence-electron chi connectivity index (χ0n) is 14.0. The third-order valence-electron chi connectivity index (χ3n) is 4.53. The lowest BCUT2D eigenvalue weighted by atomic mass is 10.1. The van der Waals surface area contributed by atoms with Gasteiger partial charge in [0, 0.05) is 31.1 Å². The van der Waals surface area contributed by atoms with Gasteiger partial charge in [-0.25, -0.2) is 9.37 Å². The lowest BCUT2D eigenvalue weighted by molar-refractivity contribution is 0.281. The molecule has 4 nitrogen and oxygen atoms in total. The van der Waals surface area contributed by atoms with Gasteiger partial charge in [0.2, 0.25) is 0 Å². The van der Waals surface area contributed by atoms with Crippen LogP contribution in [0.5, 0.6) is 0 Å². The van der Waals surface area contributed by atoms with Gasteiger partial charge in [0.1, 0.15) is 11.9 Å². The van der Waals surface area contributed by atoms with Crippen LogP contribution >= 0.6 is 11.3 Å². The zero-order chi connectivity index (χ0) is 17.1. The third kappa shape index (κ3) is 3.74. The van der Waals surface area contributed by atoms with Crippen LogP contribution in [-0.2, 0) is 6.54 Å². The molecule has 1 fully saturated rings. The molecule has 1 aromatic carbocycles. The fourth-order valence-electron chi connectivity index (χ4n) is 3.30. The quantitative estimate of drug-likeness (QED) is 0.833. The van der Waals surface area contributed by atoms with Crippen LogP contribution in [0, 0.1) is 30.0 Å². The number of aromatic nitrogens is 1. The van der Waals surface area contributed by atoms with E-state index < -0.39 is 0 Å². The Balaban J connectivity index is 1.60. The zero-order valence-corrected chi connectivity index (χ0v) is 14.8. The number of anilines is 1. The van der Waals surface area contributed by atoms with Crippen molar-refractivity contribution in [1.29, 1.82) is 5.26 Å². The van der Waals surface area contributed by atoms with Gasteiger partial charge in [-0.15, -0.1) is 11.3 Å². The molecule has 1 aromatic heterocycles. The first-order valence-electron chi connectivity index (χ1n) is 8.09. The smallest absolute Gasteiger partial charge is 0.124 e. The summed E-state index contributed by atoms with van der Waals surface area (Å²) in [5.41, 5.74) is 4.28. The predicted molar refractivity (Wildman–Crippen MR) is 94.6 cm³/mol. The first kappa shape index (κ1) is 16.9. The Kier molecular flexibility index (Phi) is 5.12. The summed E-state index contributed by atoms with van der Waals surface area (Å²) >= 11 is 1.70. The summed E-state index contributed by atoms with van der Waals surface area (Å²) in [5, 5.41) is 9.23. The Bertz CT molecular complexity index is 752. The molecule has 0 saturated carbocycles. The SMILES string of the molecule is Cc1ncsc1CN(C)CC1CCN(c2ccc(F)cc2C#N)C1. The highest BCUT2D eigenvalue weighted by Crippen LogP contribution is 2.28. The monoisotopic (exact) mass is 344 g/mol. The van der Waals surface area contributed by atoms with E-state index in [9.17, 15) is 9.65 Å². The van der Waals surface area contributed by atoms with E-state index in [1.807, 2.05) is 5.51 Å². The minimum Gasteiger partial charge on any atom is -0.370 e. The molecule has 126 valence electrons. The summed E-state index contributed by atoms with van der Waals surface area (Å²) in [6.07, 6.45) is 1.09. The summed E-state index contributed by atoms with van der Waals surface area (Å²) in [6.45, 7) is 5.81. The second kappa shape index (κ2) is 7.29. The number of rotatable bonds is 5. The van der Waals surface area contributed by atoms with Crippen LogP contribution in [0.1, 0.15) is 22.6 Å². The fraction of sp³-hybridized carbons (Fsp3) is 0.444. The molecule has 2 heterocycles. The lowest BCUT2D eigenvalue weighted by Crippen LogP contribution is -2.28. The average Bonchev–Trinajstić information content (AvgIpc) is 3.17. The van der Waals surface area contributed by atoms with Crippen molar-refractivity contribution in [2.75, 3.05) is 31.6 Å². The molecule has 0 aliphatic carbocycles. The molecule has 1 atom stereocenters. The maximum absolute atomic E-state index is 13.3. The second-order valence-corrected chi connectivity index (χ2v) is 7.37. The summed E-state index contributed by atoms with van der Waals surface area (Å²) < 4.78 is 13.3. The normalized spacial score (nSPS) is 17.5. The Labute approximate surface area is 146 Å². The van der Waals surface area contributed by atoms with Gasteiger partial charge < -0.3 is 9.80 Å². The van der Waals surface area contributed by atoms with Crippen LogP contribution < -0.4 is 4.90 Å². The summed E-state index contributed by atoms with van der Waals surface area (Å²) in [7, 11) is 2.14. The molecular formula is C18H21FN4S. The highest BCUT2D eigenvalue weighted by atomic mass is 32.1. The lowest BCUT2D eigenvalue weighted by Gasteiger charge is -2.22. The largest absolute Gasteiger partial charge is 0.370 e. The van der Waals surface area contributed by atoms with Gasteiger partial charge in [-0.05, 0) is 44.5 Å². The van der Waals surface area contributed by atoms with E-state index in [1.165, 1.54) is 17.0 Å². The molecule has 0 radical (unpaired) electrons. The van der Waals surface area contributed by atoms with Gasteiger partial charge in [-0.3, -0.25) is 0 Å². The van der Waals surface area contributed by atoms with Crippen LogP contribution in [0.15, 0.2) is 23.7 Å². The minimum atomic E-state index is -0.356. The third-order valence-corrected chi connectivity index (χ3v) is 5.45. The van der Waals surface area contributed by atoms with E-state index in [2.05, 4.69) is 34.8 Å². The van der Waals surface area contributed by atoms with Crippen molar-refractivity contribution >= 4 is 17.0 Å². The van der Waals surface area contributed by atoms with Gasteiger partial charge in [-0.2, -0.15) is 5.26 Å². The van der Waals surface area contributed by atoms with E-state index >= 15 is 0 Å². The maximum Gasteiger partial charge on any atom is 0.124 e. The van der Waals surface area contributed by atoms with Gasteiger partial charge in [-0.1, -0.05) is 0 Å². The van der Waals surface area contributed by atoms with Crippen molar-refractivity contribution in [3.63, 3.8) is 0 Å². The fourth-order valence-corrected chi connectivity index (χ4v) is 4.16. The average molecular weight is 344 g/mol. The first-order valence-corrected chi connectivity index (χ1v) is 8.97. The van der Waals surface area contributed by atoms with Crippen molar-refractivity contribution in [3.8, 4) is 6.07 Å². The molecule has 24 heavy (non-hydrogen) atoms. The number of benzene rings is 1. The van der Waals surface area contributed by atoms with Crippen molar-refractivity contribution in [2.24, 2.45) is 5.92 Å². The topological polar surface area (TPSA) is 43.2 Å². The first-order chi connectivity index (χ1) is 11.6. The molecule has 0 amide bonds. The number of hydrogen-bond acceptors (Lipinski definition) is 5. The minimum absolute atomic E-state index is 0.356.